The minimum absolute atomic E-state index is 0.169. The van der Waals surface area contributed by atoms with Crippen LogP contribution in [0.5, 0.6) is 0 Å². The summed E-state index contributed by atoms with van der Waals surface area (Å²) in [6.07, 6.45) is 1.81. The lowest BCUT2D eigenvalue weighted by Gasteiger charge is -2.26. The summed E-state index contributed by atoms with van der Waals surface area (Å²) >= 11 is 1.49. The molecule has 0 aliphatic carbocycles. The van der Waals surface area contributed by atoms with Gasteiger partial charge in [0.1, 0.15) is 18.1 Å². The van der Waals surface area contributed by atoms with Gasteiger partial charge in [0.05, 0.1) is 6.54 Å². The van der Waals surface area contributed by atoms with Gasteiger partial charge in [0.15, 0.2) is 0 Å². The van der Waals surface area contributed by atoms with Crippen molar-refractivity contribution < 1.29 is 29.1 Å². The van der Waals surface area contributed by atoms with Crippen molar-refractivity contribution in [3.63, 3.8) is 0 Å². The van der Waals surface area contributed by atoms with Crippen LogP contribution < -0.4 is 27.4 Å². The number of amides is 4. The maximum absolute atomic E-state index is 12.6. The highest BCUT2D eigenvalue weighted by Crippen LogP contribution is 2.07. The summed E-state index contributed by atoms with van der Waals surface area (Å²) in [6.45, 7) is 3.08. The molecular weight excluding hydrogens is 402 g/mol. The number of hydrogen-bond acceptors (Lipinski definition) is 7. The lowest BCUT2D eigenvalue weighted by molar-refractivity contribution is -0.143. The molecule has 12 heteroatoms. The predicted octanol–water partition coefficient (Wildman–Crippen LogP) is -1.84. The van der Waals surface area contributed by atoms with Gasteiger partial charge in [-0.05, 0) is 30.8 Å². The SMILES string of the molecule is CSCCC(NC(=O)CN)C(=O)NC(C(=O)NC(CCC(N)=O)C(=O)O)C(C)C. The number of carboxylic acid groups (broad SMARTS) is 1. The van der Waals surface area contributed by atoms with Crippen molar-refractivity contribution in [1.82, 2.24) is 16.0 Å². The molecule has 8 N–H and O–H groups in total. The number of aliphatic carboxylic acids is 1. The van der Waals surface area contributed by atoms with E-state index < -0.39 is 47.7 Å². The van der Waals surface area contributed by atoms with Gasteiger partial charge in [-0.3, -0.25) is 19.2 Å². The molecular formula is C17H31N5O6S. The van der Waals surface area contributed by atoms with E-state index in [1.807, 2.05) is 6.26 Å². The van der Waals surface area contributed by atoms with Gasteiger partial charge in [-0.1, -0.05) is 13.8 Å². The van der Waals surface area contributed by atoms with Gasteiger partial charge < -0.3 is 32.5 Å². The number of hydrogen-bond donors (Lipinski definition) is 6. The maximum Gasteiger partial charge on any atom is 0.326 e. The van der Waals surface area contributed by atoms with Crippen LogP contribution in [-0.4, -0.2) is 71.4 Å². The molecule has 0 saturated heterocycles. The first kappa shape index (κ1) is 26.7. The van der Waals surface area contributed by atoms with Crippen LogP contribution in [0.2, 0.25) is 0 Å². The van der Waals surface area contributed by atoms with E-state index in [0.717, 1.165) is 0 Å². The van der Waals surface area contributed by atoms with E-state index in [1.54, 1.807) is 13.8 Å². The predicted molar refractivity (Wildman–Crippen MR) is 109 cm³/mol. The van der Waals surface area contributed by atoms with Gasteiger partial charge in [0, 0.05) is 6.42 Å². The van der Waals surface area contributed by atoms with Gasteiger partial charge in [0.2, 0.25) is 23.6 Å². The molecule has 3 unspecified atom stereocenters. The first-order chi connectivity index (χ1) is 13.5. The second-order valence-electron chi connectivity index (χ2n) is 6.74. The highest BCUT2D eigenvalue weighted by Gasteiger charge is 2.31. The molecule has 0 radical (unpaired) electrons. The van der Waals surface area contributed by atoms with Crippen LogP contribution in [-0.2, 0) is 24.0 Å². The summed E-state index contributed by atoms with van der Waals surface area (Å²) in [5, 5.41) is 16.6. The molecule has 0 aromatic rings. The Morgan fingerprint density at radius 3 is 2.03 bits per heavy atom. The third kappa shape index (κ3) is 10.7. The Labute approximate surface area is 174 Å². The largest absolute Gasteiger partial charge is 0.480 e. The Morgan fingerprint density at radius 2 is 1.59 bits per heavy atom. The summed E-state index contributed by atoms with van der Waals surface area (Å²) in [6, 6.07) is -3.24. The van der Waals surface area contributed by atoms with Crippen LogP contribution in [0.1, 0.15) is 33.1 Å². The van der Waals surface area contributed by atoms with Crippen molar-refractivity contribution in [1.29, 1.82) is 0 Å². The minimum atomic E-state index is -1.32. The van der Waals surface area contributed by atoms with E-state index in [-0.39, 0.29) is 25.3 Å². The highest BCUT2D eigenvalue weighted by molar-refractivity contribution is 7.98. The number of primary amides is 1. The Hall–Kier alpha value is -2.34. The topological polar surface area (TPSA) is 194 Å². The highest BCUT2D eigenvalue weighted by atomic mass is 32.2. The standard InChI is InChI=1S/C17H31N5O6S/c1-9(2)14(16(26)21-11(17(27)28)4-5-12(19)23)22-15(25)10(6-7-29-3)20-13(24)8-18/h9-11,14H,4-8,18H2,1-3H3,(H2,19,23)(H,20,24)(H,21,26)(H,22,25)(H,27,28). The lowest BCUT2D eigenvalue weighted by atomic mass is 10.0. The zero-order valence-electron chi connectivity index (χ0n) is 16.9. The fourth-order valence-electron chi connectivity index (χ4n) is 2.35. The molecule has 0 saturated carbocycles. The molecule has 0 fully saturated rings. The normalized spacial score (nSPS) is 13.8. The first-order valence-electron chi connectivity index (χ1n) is 9.13. The number of carbonyl (C=O) groups is 5. The molecule has 0 aromatic carbocycles. The van der Waals surface area contributed by atoms with Gasteiger partial charge >= 0.3 is 5.97 Å². The average molecular weight is 434 g/mol. The summed E-state index contributed by atoms with van der Waals surface area (Å²) in [7, 11) is 0. The van der Waals surface area contributed by atoms with Gasteiger partial charge in [-0.15, -0.1) is 0 Å². The van der Waals surface area contributed by atoms with E-state index >= 15 is 0 Å². The third-order valence-corrected chi connectivity index (χ3v) is 4.63. The zero-order valence-corrected chi connectivity index (χ0v) is 17.7. The van der Waals surface area contributed by atoms with Crippen LogP contribution >= 0.6 is 11.8 Å². The molecule has 4 amide bonds. The van der Waals surface area contributed by atoms with Crippen molar-refractivity contribution in [2.45, 2.75) is 51.2 Å². The van der Waals surface area contributed by atoms with Crippen LogP contribution in [0.3, 0.4) is 0 Å². The molecule has 0 heterocycles. The fourth-order valence-corrected chi connectivity index (χ4v) is 2.82. The Kier molecular flexibility index (Phi) is 12.7. The molecule has 0 aromatic heterocycles. The second kappa shape index (κ2) is 13.8. The first-order valence-corrected chi connectivity index (χ1v) is 10.5. The van der Waals surface area contributed by atoms with Crippen molar-refractivity contribution in [2.75, 3.05) is 18.6 Å². The number of carboxylic acids is 1. The van der Waals surface area contributed by atoms with Crippen LogP contribution in [0.4, 0.5) is 0 Å². The van der Waals surface area contributed by atoms with Crippen molar-refractivity contribution in [2.24, 2.45) is 17.4 Å². The molecule has 3 atom stereocenters. The fraction of sp³-hybridized carbons (Fsp3) is 0.706. The van der Waals surface area contributed by atoms with Gasteiger partial charge in [-0.2, -0.15) is 11.8 Å². The maximum atomic E-state index is 12.6. The van der Waals surface area contributed by atoms with Crippen molar-refractivity contribution >= 4 is 41.4 Å². The third-order valence-electron chi connectivity index (χ3n) is 3.99. The molecule has 0 spiro atoms. The van der Waals surface area contributed by atoms with E-state index in [4.69, 9.17) is 11.5 Å². The summed E-state index contributed by atoms with van der Waals surface area (Å²) < 4.78 is 0. The molecule has 0 aliphatic rings. The molecule has 29 heavy (non-hydrogen) atoms. The average Bonchev–Trinajstić information content (AvgIpc) is 2.64. The molecule has 0 bridgehead atoms. The number of thioether (sulfide) groups is 1. The van der Waals surface area contributed by atoms with E-state index in [2.05, 4.69) is 16.0 Å². The molecule has 11 nitrogen and oxygen atoms in total. The van der Waals surface area contributed by atoms with E-state index in [0.29, 0.717) is 12.2 Å². The molecule has 0 rings (SSSR count). The van der Waals surface area contributed by atoms with Crippen LogP contribution in [0.15, 0.2) is 0 Å². The van der Waals surface area contributed by atoms with Crippen molar-refractivity contribution in [3.05, 3.63) is 0 Å². The number of nitrogens with two attached hydrogens (primary N) is 2. The van der Waals surface area contributed by atoms with E-state index in [9.17, 15) is 29.1 Å². The van der Waals surface area contributed by atoms with Gasteiger partial charge in [0.25, 0.3) is 0 Å². The summed E-state index contributed by atoms with van der Waals surface area (Å²) in [5.41, 5.74) is 10.3. The summed E-state index contributed by atoms with van der Waals surface area (Å²) in [5.74, 6) is -3.56. The number of carbonyl (C=O) groups excluding carboxylic acids is 4. The van der Waals surface area contributed by atoms with Crippen molar-refractivity contribution in [3.8, 4) is 0 Å². The Balaban J connectivity index is 5.22. The molecule has 0 aliphatic heterocycles. The minimum Gasteiger partial charge on any atom is -0.480 e. The quantitative estimate of drug-likeness (QED) is 0.184. The monoisotopic (exact) mass is 433 g/mol. The second-order valence-corrected chi connectivity index (χ2v) is 7.73. The lowest BCUT2D eigenvalue weighted by Crippen LogP contribution is -2.57. The van der Waals surface area contributed by atoms with Crippen LogP contribution in [0, 0.1) is 5.92 Å². The zero-order chi connectivity index (χ0) is 22.6. The van der Waals surface area contributed by atoms with E-state index in [1.165, 1.54) is 11.8 Å². The van der Waals surface area contributed by atoms with Gasteiger partial charge in [-0.25, -0.2) is 4.79 Å². The number of nitrogens with one attached hydrogen (secondary N) is 3. The number of rotatable bonds is 14. The van der Waals surface area contributed by atoms with Crippen LogP contribution in [0.25, 0.3) is 0 Å². The smallest absolute Gasteiger partial charge is 0.326 e. The summed E-state index contributed by atoms with van der Waals surface area (Å²) in [4.78, 5) is 59.0. The Morgan fingerprint density at radius 1 is 0.966 bits per heavy atom. The Bertz CT molecular complexity index is 601. The molecule has 166 valence electrons.